The predicted molar refractivity (Wildman–Crippen MR) is 49.4 cm³/mol. The lowest BCUT2D eigenvalue weighted by Gasteiger charge is -2.16. The van der Waals surface area contributed by atoms with E-state index in [9.17, 15) is 0 Å². The zero-order valence-electron chi connectivity index (χ0n) is 8.06. The first kappa shape index (κ1) is 9.05. The van der Waals surface area contributed by atoms with Crippen LogP contribution in [0.5, 0.6) is 0 Å². The van der Waals surface area contributed by atoms with Gasteiger partial charge in [-0.25, -0.2) is 0 Å². The third-order valence-corrected chi connectivity index (χ3v) is 2.98. The van der Waals surface area contributed by atoms with Gasteiger partial charge in [0.25, 0.3) is 0 Å². The third-order valence-electron chi connectivity index (χ3n) is 2.98. The standard InChI is InChI=1S/C10H21N/c1-4-5-9-7-10(3,11)6-8(9)2/h8-9H,4-7,11H2,1-3H3. The summed E-state index contributed by atoms with van der Waals surface area (Å²) in [6.07, 6.45) is 5.14. The highest BCUT2D eigenvalue weighted by Gasteiger charge is 2.36. The summed E-state index contributed by atoms with van der Waals surface area (Å²) >= 11 is 0. The fourth-order valence-corrected chi connectivity index (χ4v) is 2.54. The Morgan fingerprint density at radius 3 is 2.45 bits per heavy atom. The molecule has 0 aliphatic heterocycles. The van der Waals surface area contributed by atoms with E-state index in [1.165, 1.54) is 25.7 Å². The molecule has 0 spiro atoms. The second-order valence-corrected chi connectivity index (χ2v) is 4.59. The van der Waals surface area contributed by atoms with Crippen molar-refractivity contribution in [2.24, 2.45) is 17.6 Å². The van der Waals surface area contributed by atoms with Gasteiger partial charge in [0.15, 0.2) is 0 Å². The molecule has 1 fully saturated rings. The Morgan fingerprint density at radius 2 is 2.09 bits per heavy atom. The molecule has 1 rings (SSSR count). The lowest BCUT2D eigenvalue weighted by Crippen LogP contribution is -2.32. The van der Waals surface area contributed by atoms with Crippen molar-refractivity contribution in [3.8, 4) is 0 Å². The van der Waals surface area contributed by atoms with Crippen molar-refractivity contribution in [3.63, 3.8) is 0 Å². The van der Waals surface area contributed by atoms with Crippen molar-refractivity contribution in [2.45, 2.75) is 52.0 Å². The van der Waals surface area contributed by atoms with Gasteiger partial charge in [0.2, 0.25) is 0 Å². The highest BCUT2D eigenvalue weighted by molar-refractivity contribution is 4.92. The number of hydrogen-bond acceptors (Lipinski definition) is 1. The summed E-state index contributed by atoms with van der Waals surface area (Å²) in [5.74, 6) is 1.75. The van der Waals surface area contributed by atoms with Crippen molar-refractivity contribution in [2.75, 3.05) is 0 Å². The van der Waals surface area contributed by atoms with Crippen LogP contribution in [0.3, 0.4) is 0 Å². The summed E-state index contributed by atoms with van der Waals surface area (Å²) in [6, 6.07) is 0. The fraction of sp³-hybridized carbons (Fsp3) is 1.00. The predicted octanol–water partition coefficient (Wildman–Crippen LogP) is 2.55. The maximum atomic E-state index is 6.09. The molecule has 1 aliphatic rings. The highest BCUT2D eigenvalue weighted by Crippen LogP contribution is 2.39. The van der Waals surface area contributed by atoms with Gasteiger partial charge in [-0.1, -0.05) is 26.7 Å². The zero-order valence-corrected chi connectivity index (χ0v) is 8.06. The largest absolute Gasteiger partial charge is 0.325 e. The van der Waals surface area contributed by atoms with Crippen LogP contribution in [0, 0.1) is 11.8 Å². The van der Waals surface area contributed by atoms with Gasteiger partial charge in [0.05, 0.1) is 0 Å². The van der Waals surface area contributed by atoms with Gasteiger partial charge in [-0.2, -0.15) is 0 Å². The van der Waals surface area contributed by atoms with Gasteiger partial charge < -0.3 is 5.73 Å². The van der Waals surface area contributed by atoms with E-state index in [2.05, 4.69) is 20.8 Å². The molecular formula is C10H21N. The maximum Gasteiger partial charge on any atom is 0.0131 e. The second kappa shape index (κ2) is 3.14. The van der Waals surface area contributed by atoms with Crippen LogP contribution in [0.4, 0.5) is 0 Å². The van der Waals surface area contributed by atoms with E-state index in [1.54, 1.807) is 0 Å². The van der Waals surface area contributed by atoms with Crippen LogP contribution >= 0.6 is 0 Å². The number of hydrogen-bond donors (Lipinski definition) is 1. The minimum Gasteiger partial charge on any atom is -0.325 e. The second-order valence-electron chi connectivity index (χ2n) is 4.59. The van der Waals surface area contributed by atoms with Gasteiger partial charge in [0, 0.05) is 5.54 Å². The molecule has 1 saturated carbocycles. The van der Waals surface area contributed by atoms with Gasteiger partial charge in [-0.05, 0) is 31.6 Å². The summed E-state index contributed by atoms with van der Waals surface area (Å²) < 4.78 is 0. The Labute approximate surface area is 70.4 Å². The Balaban J connectivity index is 2.45. The number of rotatable bonds is 2. The molecule has 0 aromatic carbocycles. The summed E-state index contributed by atoms with van der Waals surface area (Å²) in [5.41, 5.74) is 6.23. The molecule has 1 aliphatic carbocycles. The van der Waals surface area contributed by atoms with Crippen LogP contribution in [0.1, 0.15) is 46.5 Å². The molecule has 0 saturated heterocycles. The average Bonchev–Trinajstić information content (AvgIpc) is 2.07. The molecule has 66 valence electrons. The van der Waals surface area contributed by atoms with Gasteiger partial charge in [-0.3, -0.25) is 0 Å². The number of nitrogens with two attached hydrogens (primary N) is 1. The highest BCUT2D eigenvalue weighted by atomic mass is 14.7. The molecule has 0 amide bonds. The van der Waals surface area contributed by atoms with E-state index in [0.717, 1.165) is 11.8 Å². The monoisotopic (exact) mass is 155 g/mol. The lowest BCUT2D eigenvalue weighted by atomic mass is 9.93. The molecular weight excluding hydrogens is 134 g/mol. The van der Waals surface area contributed by atoms with Gasteiger partial charge in [0.1, 0.15) is 0 Å². The van der Waals surface area contributed by atoms with Crippen molar-refractivity contribution in [1.82, 2.24) is 0 Å². The fourth-order valence-electron chi connectivity index (χ4n) is 2.54. The van der Waals surface area contributed by atoms with Crippen molar-refractivity contribution in [3.05, 3.63) is 0 Å². The molecule has 0 aromatic rings. The van der Waals surface area contributed by atoms with Gasteiger partial charge in [-0.15, -0.1) is 0 Å². The summed E-state index contributed by atoms with van der Waals surface area (Å²) in [7, 11) is 0. The molecule has 11 heavy (non-hydrogen) atoms. The Kier molecular flexibility index (Phi) is 2.58. The van der Waals surface area contributed by atoms with E-state index in [0.29, 0.717) is 0 Å². The summed E-state index contributed by atoms with van der Waals surface area (Å²) in [5, 5.41) is 0. The molecule has 3 atom stereocenters. The Morgan fingerprint density at radius 1 is 1.45 bits per heavy atom. The topological polar surface area (TPSA) is 26.0 Å². The van der Waals surface area contributed by atoms with E-state index < -0.39 is 0 Å². The van der Waals surface area contributed by atoms with E-state index in [1.807, 2.05) is 0 Å². The van der Waals surface area contributed by atoms with Crippen molar-refractivity contribution in [1.29, 1.82) is 0 Å². The van der Waals surface area contributed by atoms with Crippen LogP contribution in [0.25, 0.3) is 0 Å². The Hall–Kier alpha value is -0.0400. The molecule has 0 heterocycles. The normalized spacial score (nSPS) is 44.7. The summed E-state index contributed by atoms with van der Waals surface area (Å²) in [6.45, 7) is 6.80. The first-order valence-electron chi connectivity index (χ1n) is 4.84. The van der Waals surface area contributed by atoms with Crippen LogP contribution in [0.2, 0.25) is 0 Å². The SMILES string of the molecule is CCCC1CC(C)(N)CC1C. The molecule has 3 unspecified atom stereocenters. The molecule has 0 bridgehead atoms. The third kappa shape index (κ3) is 2.19. The average molecular weight is 155 g/mol. The first-order chi connectivity index (χ1) is 5.05. The molecule has 0 radical (unpaired) electrons. The summed E-state index contributed by atoms with van der Waals surface area (Å²) in [4.78, 5) is 0. The maximum absolute atomic E-state index is 6.09. The first-order valence-corrected chi connectivity index (χ1v) is 4.84. The van der Waals surface area contributed by atoms with Crippen LogP contribution < -0.4 is 5.73 Å². The Bertz CT molecular complexity index is 129. The minimum absolute atomic E-state index is 0.138. The van der Waals surface area contributed by atoms with E-state index in [-0.39, 0.29) is 5.54 Å². The van der Waals surface area contributed by atoms with Crippen LogP contribution in [0.15, 0.2) is 0 Å². The molecule has 1 heteroatoms. The van der Waals surface area contributed by atoms with Crippen molar-refractivity contribution >= 4 is 0 Å². The lowest BCUT2D eigenvalue weighted by molar-refractivity contribution is 0.385. The minimum atomic E-state index is 0.138. The van der Waals surface area contributed by atoms with Crippen LogP contribution in [-0.4, -0.2) is 5.54 Å². The van der Waals surface area contributed by atoms with Crippen LogP contribution in [-0.2, 0) is 0 Å². The van der Waals surface area contributed by atoms with E-state index >= 15 is 0 Å². The molecule has 2 N–H and O–H groups in total. The quantitative estimate of drug-likeness (QED) is 0.651. The zero-order chi connectivity index (χ0) is 8.48. The van der Waals surface area contributed by atoms with Crippen molar-refractivity contribution < 1.29 is 0 Å². The molecule has 1 nitrogen and oxygen atoms in total. The smallest absolute Gasteiger partial charge is 0.0131 e. The molecule has 0 aromatic heterocycles. The van der Waals surface area contributed by atoms with E-state index in [4.69, 9.17) is 5.73 Å². The van der Waals surface area contributed by atoms with Gasteiger partial charge >= 0.3 is 0 Å².